The van der Waals surface area contributed by atoms with E-state index in [1.165, 1.54) is 0 Å². The first-order chi connectivity index (χ1) is 6.52. The van der Waals surface area contributed by atoms with E-state index in [-0.39, 0.29) is 10.3 Å². The Morgan fingerprint density at radius 2 is 1.13 bits per heavy atom. The lowest BCUT2D eigenvalue weighted by Crippen LogP contribution is -2.39. The number of rotatable bonds is 3. The summed E-state index contributed by atoms with van der Waals surface area (Å²) in [6.07, 6.45) is 0. The molecule has 0 aromatic rings. The minimum atomic E-state index is -2.36. The van der Waals surface area contributed by atoms with Crippen LogP contribution in [0.3, 0.4) is 0 Å². The molecule has 0 aliphatic carbocycles. The molecule has 0 fully saturated rings. The van der Waals surface area contributed by atoms with Gasteiger partial charge in [0, 0.05) is 23.4 Å². The Morgan fingerprint density at radius 3 is 1.20 bits per heavy atom. The van der Waals surface area contributed by atoms with Crippen molar-refractivity contribution in [1.82, 2.24) is 4.67 Å². The fourth-order valence-corrected chi connectivity index (χ4v) is 6.98. The van der Waals surface area contributed by atoms with E-state index in [1.54, 1.807) is 0 Å². The Labute approximate surface area is 95.9 Å². The number of nitrogens with zero attached hydrogens (tertiary/aromatic N) is 1. The van der Waals surface area contributed by atoms with Crippen LogP contribution >= 0.6 is 7.29 Å². The predicted octanol–water partition coefficient (Wildman–Crippen LogP) is 4.20. The summed E-state index contributed by atoms with van der Waals surface area (Å²) in [7, 11) is -2.36. The summed E-state index contributed by atoms with van der Waals surface area (Å²) in [5.41, 5.74) is 0. The van der Waals surface area contributed by atoms with Crippen molar-refractivity contribution in [2.45, 2.75) is 65.7 Å². The second kappa shape index (κ2) is 4.59. The molecule has 3 heteroatoms. The quantitative estimate of drug-likeness (QED) is 0.681. The SMILES string of the molecule is CCN(CC)P(=O)(C(C)(C)C)C(C)(C)C. The monoisotopic (exact) mass is 233 g/mol. The Balaban J connectivity index is 5.52. The summed E-state index contributed by atoms with van der Waals surface area (Å²) in [5.74, 6) is 0. The van der Waals surface area contributed by atoms with Crippen molar-refractivity contribution in [1.29, 1.82) is 0 Å². The van der Waals surface area contributed by atoms with Gasteiger partial charge < -0.3 is 4.57 Å². The van der Waals surface area contributed by atoms with Crippen molar-refractivity contribution in [2.24, 2.45) is 0 Å². The zero-order valence-corrected chi connectivity index (χ0v) is 12.6. The summed E-state index contributed by atoms with van der Waals surface area (Å²) in [6, 6.07) is 0. The molecular weight excluding hydrogens is 205 g/mol. The molecule has 0 atom stereocenters. The van der Waals surface area contributed by atoms with E-state index in [1.807, 2.05) is 0 Å². The molecule has 0 bridgehead atoms. The van der Waals surface area contributed by atoms with Crippen molar-refractivity contribution in [3.63, 3.8) is 0 Å². The van der Waals surface area contributed by atoms with Gasteiger partial charge >= 0.3 is 0 Å². The molecule has 0 spiro atoms. The molecule has 0 N–H and O–H groups in total. The molecule has 0 aliphatic rings. The zero-order valence-electron chi connectivity index (χ0n) is 11.7. The average molecular weight is 233 g/mol. The minimum absolute atomic E-state index is 0.155. The van der Waals surface area contributed by atoms with Gasteiger partial charge in [-0.3, -0.25) is 4.67 Å². The lowest BCUT2D eigenvalue weighted by atomic mass is 10.2. The molecule has 0 aromatic carbocycles. The molecular formula is C12H28NOP. The lowest BCUT2D eigenvalue weighted by Gasteiger charge is -2.47. The first-order valence-corrected chi connectivity index (χ1v) is 7.54. The van der Waals surface area contributed by atoms with Crippen LogP contribution in [0.5, 0.6) is 0 Å². The standard InChI is InChI=1S/C12H28NOP/c1-9-13(10-2)15(14,11(3,4)5)12(6,7)8/h9-10H2,1-8H3. The predicted molar refractivity (Wildman–Crippen MR) is 70.0 cm³/mol. The van der Waals surface area contributed by atoms with E-state index in [9.17, 15) is 4.57 Å². The molecule has 2 nitrogen and oxygen atoms in total. The Kier molecular flexibility index (Phi) is 4.65. The molecule has 0 unspecified atom stereocenters. The molecule has 0 aromatic heterocycles. The third-order valence-corrected chi connectivity index (χ3v) is 7.95. The second-order valence-corrected chi connectivity index (χ2v) is 10.5. The molecule has 0 amide bonds. The maximum Gasteiger partial charge on any atom is 0.160 e. The largest absolute Gasteiger partial charge is 0.305 e. The highest BCUT2D eigenvalue weighted by atomic mass is 31.2. The van der Waals surface area contributed by atoms with Crippen LogP contribution in [0, 0.1) is 0 Å². The smallest absolute Gasteiger partial charge is 0.160 e. The highest BCUT2D eigenvalue weighted by molar-refractivity contribution is 7.64. The molecule has 0 radical (unpaired) electrons. The summed E-state index contributed by atoms with van der Waals surface area (Å²) in [5, 5.41) is -0.311. The van der Waals surface area contributed by atoms with Gasteiger partial charge in [-0.25, -0.2) is 0 Å². The van der Waals surface area contributed by atoms with E-state index in [2.05, 4.69) is 60.1 Å². The summed E-state index contributed by atoms with van der Waals surface area (Å²) in [6.45, 7) is 18.5. The van der Waals surface area contributed by atoms with Crippen molar-refractivity contribution >= 4 is 7.29 Å². The molecule has 0 aliphatic heterocycles. The van der Waals surface area contributed by atoms with Crippen LogP contribution in [-0.2, 0) is 4.57 Å². The van der Waals surface area contributed by atoms with Gasteiger partial charge in [-0.15, -0.1) is 0 Å². The molecule has 0 saturated heterocycles. The van der Waals surface area contributed by atoms with Gasteiger partial charge in [0.05, 0.1) is 0 Å². The van der Waals surface area contributed by atoms with Crippen LogP contribution in [0.2, 0.25) is 0 Å². The Morgan fingerprint density at radius 1 is 0.867 bits per heavy atom. The van der Waals surface area contributed by atoms with Crippen LogP contribution in [0.15, 0.2) is 0 Å². The van der Waals surface area contributed by atoms with Crippen molar-refractivity contribution in [3.05, 3.63) is 0 Å². The van der Waals surface area contributed by atoms with E-state index < -0.39 is 7.29 Å². The zero-order chi connectivity index (χ0) is 12.5. The first kappa shape index (κ1) is 15.2. The average Bonchev–Trinajstić information content (AvgIpc) is 2.02. The molecule has 15 heavy (non-hydrogen) atoms. The second-order valence-electron chi connectivity index (χ2n) is 6.06. The third-order valence-electron chi connectivity index (χ3n) is 2.95. The van der Waals surface area contributed by atoms with Gasteiger partial charge in [0.1, 0.15) is 0 Å². The molecule has 92 valence electrons. The normalized spacial score (nSPS) is 14.7. The maximum atomic E-state index is 13.3. The fraction of sp³-hybridized carbons (Fsp3) is 1.00. The molecule has 0 rings (SSSR count). The van der Waals surface area contributed by atoms with Crippen LogP contribution in [0.1, 0.15) is 55.4 Å². The Hall–Kier alpha value is 0.190. The fourth-order valence-electron chi connectivity index (χ4n) is 2.48. The van der Waals surface area contributed by atoms with Gasteiger partial charge in [0.15, 0.2) is 7.29 Å². The minimum Gasteiger partial charge on any atom is -0.305 e. The maximum absolute atomic E-state index is 13.3. The van der Waals surface area contributed by atoms with Gasteiger partial charge in [-0.2, -0.15) is 0 Å². The topological polar surface area (TPSA) is 20.3 Å². The van der Waals surface area contributed by atoms with Gasteiger partial charge in [0.2, 0.25) is 0 Å². The summed E-state index contributed by atoms with van der Waals surface area (Å²) < 4.78 is 15.5. The number of hydrogen-bond donors (Lipinski definition) is 0. The van der Waals surface area contributed by atoms with Gasteiger partial charge in [-0.1, -0.05) is 55.4 Å². The van der Waals surface area contributed by atoms with Gasteiger partial charge in [0.25, 0.3) is 0 Å². The lowest BCUT2D eigenvalue weighted by molar-refractivity contribution is 0.396. The third kappa shape index (κ3) is 2.65. The highest BCUT2D eigenvalue weighted by Gasteiger charge is 2.49. The van der Waals surface area contributed by atoms with Crippen molar-refractivity contribution in [2.75, 3.05) is 13.1 Å². The van der Waals surface area contributed by atoms with Crippen LogP contribution in [0.25, 0.3) is 0 Å². The summed E-state index contributed by atoms with van der Waals surface area (Å²) in [4.78, 5) is 0. The molecule has 0 heterocycles. The van der Waals surface area contributed by atoms with E-state index in [0.717, 1.165) is 13.1 Å². The van der Waals surface area contributed by atoms with Crippen LogP contribution in [-0.4, -0.2) is 28.1 Å². The first-order valence-electron chi connectivity index (χ1n) is 5.88. The van der Waals surface area contributed by atoms with Crippen molar-refractivity contribution < 1.29 is 4.57 Å². The van der Waals surface area contributed by atoms with E-state index >= 15 is 0 Å². The Bertz CT molecular complexity index is 225. The number of hydrogen-bond acceptors (Lipinski definition) is 1. The molecule has 0 saturated carbocycles. The van der Waals surface area contributed by atoms with Gasteiger partial charge in [-0.05, 0) is 0 Å². The van der Waals surface area contributed by atoms with E-state index in [4.69, 9.17) is 0 Å². The highest BCUT2D eigenvalue weighted by Crippen LogP contribution is 2.68. The van der Waals surface area contributed by atoms with Crippen LogP contribution in [0.4, 0.5) is 0 Å². The summed E-state index contributed by atoms with van der Waals surface area (Å²) >= 11 is 0. The van der Waals surface area contributed by atoms with E-state index in [0.29, 0.717) is 0 Å². The van der Waals surface area contributed by atoms with Crippen molar-refractivity contribution in [3.8, 4) is 0 Å². The van der Waals surface area contributed by atoms with Crippen LogP contribution < -0.4 is 0 Å².